The number of carboxylic acid groups (broad SMARTS) is 1. The highest BCUT2D eigenvalue weighted by Gasteiger charge is 2.15. The number of carboxylic acids is 1. The summed E-state index contributed by atoms with van der Waals surface area (Å²) in [5, 5.41) is 10.3. The van der Waals surface area contributed by atoms with Crippen LogP contribution < -0.4 is 0 Å². The second kappa shape index (κ2) is 9.50. The number of nitrogens with zero attached hydrogens (tertiary/aromatic N) is 1. The molecule has 0 fully saturated rings. The minimum atomic E-state index is -0.793. The van der Waals surface area contributed by atoms with E-state index >= 15 is 0 Å². The van der Waals surface area contributed by atoms with E-state index in [1.54, 1.807) is 0 Å². The van der Waals surface area contributed by atoms with Gasteiger partial charge in [-0.3, -0.25) is 9.78 Å². The molecule has 2 aromatic carbocycles. The summed E-state index contributed by atoms with van der Waals surface area (Å²) in [5.41, 5.74) is 5.39. The summed E-state index contributed by atoms with van der Waals surface area (Å²) < 4.78 is 0. The fraction of sp³-hybridized carbons (Fsp3) is 0.360. The Labute approximate surface area is 167 Å². The Morgan fingerprint density at radius 2 is 1.82 bits per heavy atom. The summed E-state index contributed by atoms with van der Waals surface area (Å²) >= 11 is 0. The Bertz CT molecular complexity index is 934. The number of pyridine rings is 1. The molecule has 0 saturated heterocycles. The summed E-state index contributed by atoms with van der Waals surface area (Å²) in [7, 11) is 0. The predicted molar refractivity (Wildman–Crippen MR) is 116 cm³/mol. The van der Waals surface area contributed by atoms with Crippen molar-refractivity contribution in [1.82, 2.24) is 4.98 Å². The fourth-order valence-corrected chi connectivity index (χ4v) is 3.68. The highest BCUT2D eigenvalue weighted by Crippen LogP contribution is 2.32. The third kappa shape index (κ3) is 4.98. The van der Waals surface area contributed by atoms with Gasteiger partial charge in [0, 0.05) is 17.0 Å². The molecule has 0 spiro atoms. The lowest BCUT2D eigenvalue weighted by Crippen LogP contribution is -2.05. The average Bonchev–Trinajstić information content (AvgIpc) is 2.70. The van der Waals surface area contributed by atoms with E-state index in [2.05, 4.69) is 43.3 Å². The van der Waals surface area contributed by atoms with Crippen molar-refractivity contribution in [2.24, 2.45) is 0 Å². The molecule has 3 heteroatoms. The molecular formula is C25H29NO2. The number of unbranched alkanes of at least 4 members (excludes halogenated alkanes) is 3. The summed E-state index contributed by atoms with van der Waals surface area (Å²) in [5.74, 6) is -0.920. The van der Waals surface area contributed by atoms with Crippen LogP contribution in [0.2, 0.25) is 0 Å². The maximum atomic E-state index is 11.2. The highest BCUT2D eigenvalue weighted by atomic mass is 16.4. The number of aryl methyl sites for hydroxylation is 1. The lowest BCUT2D eigenvalue weighted by molar-refractivity contribution is -0.137. The van der Waals surface area contributed by atoms with Crippen molar-refractivity contribution in [3.8, 4) is 11.1 Å². The van der Waals surface area contributed by atoms with Gasteiger partial charge in [0.25, 0.3) is 0 Å². The highest BCUT2D eigenvalue weighted by molar-refractivity contribution is 5.95. The van der Waals surface area contributed by atoms with Crippen molar-refractivity contribution >= 4 is 16.9 Å². The van der Waals surface area contributed by atoms with E-state index in [0.29, 0.717) is 0 Å². The smallest absolute Gasteiger partial charge is 0.304 e. The van der Waals surface area contributed by atoms with Gasteiger partial charge in [0.1, 0.15) is 0 Å². The molecular weight excluding hydrogens is 346 g/mol. The normalized spacial score (nSPS) is 12.2. The molecule has 0 amide bonds. The zero-order valence-corrected chi connectivity index (χ0v) is 16.8. The van der Waals surface area contributed by atoms with Crippen LogP contribution >= 0.6 is 0 Å². The van der Waals surface area contributed by atoms with Gasteiger partial charge in [-0.2, -0.15) is 0 Å². The first kappa shape index (κ1) is 20.1. The van der Waals surface area contributed by atoms with E-state index in [0.717, 1.165) is 34.1 Å². The van der Waals surface area contributed by atoms with Gasteiger partial charge in [-0.05, 0) is 47.7 Å². The molecule has 0 aliphatic heterocycles. The molecule has 146 valence electrons. The van der Waals surface area contributed by atoms with Crippen LogP contribution in [-0.4, -0.2) is 16.1 Å². The number of hydrogen-bond donors (Lipinski definition) is 1. The van der Waals surface area contributed by atoms with Gasteiger partial charge in [0.2, 0.25) is 0 Å². The third-order valence-electron chi connectivity index (χ3n) is 5.28. The first-order valence-corrected chi connectivity index (χ1v) is 10.3. The average molecular weight is 376 g/mol. The molecule has 1 atom stereocenters. The maximum absolute atomic E-state index is 11.2. The van der Waals surface area contributed by atoms with Crippen LogP contribution in [0.15, 0.2) is 54.6 Å². The molecule has 3 nitrogen and oxygen atoms in total. The third-order valence-corrected chi connectivity index (χ3v) is 5.28. The Kier molecular flexibility index (Phi) is 6.80. The summed E-state index contributed by atoms with van der Waals surface area (Å²) in [6.45, 7) is 4.16. The van der Waals surface area contributed by atoms with E-state index in [1.807, 2.05) is 25.1 Å². The van der Waals surface area contributed by atoms with Crippen molar-refractivity contribution in [1.29, 1.82) is 0 Å². The molecule has 0 saturated carbocycles. The van der Waals surface area contributed by atoms with Gasteiger partial charge < -0.3 is 5.11 Å². The van der Waals surface area contributed by atoms with Gasteiger partial charge in [-0.1, -0.05) is 69.5 Å². The van der Waals surface area contributed by atoms with Crippen molar-refractivity contribution in [3.05, 3.63) is 65.9 Å². The molecule has 28 heavy (non-hydrogen) atoms. The van der Waals surface area contributed by atoms with Crippen LogP contribution in [0.3, 0.4) is 0 Å². The SMILES string of the molecule is CCCCCCc1ccc2nc(C(C)CC(=O)O)cc(-c3ccccc3)c2c1. The van der Waals surface area contributed by atoms with E-state index < -0.39 is 5.97 Å². The Hall–Kier alpha value is -2.68. The number of carbonyl (C=O) groups is 1. The van der Waals surface area contributed by atoms with Gasteiger partial charge >= 0.3 is 5.97 Å². The molecule has 1 aromatic heterocycles. The minimum absolute atomic E-state index is 0.0856. The zero-order valence-electron chi connectivity index (χ0n) is 16.8. The van der Waals surface area contributed by atoms with Crippen LogP contribution in [-0.2, 0) is 11.2 Å². The van der Waals surface area contributed by atoms with Crippen LogP contribution in [0, 0.1) is 0 Å². The number of fused-ring (bicyclic) bond motifs is 1. The number of aliphatic carboxylic acids is 1. The van der Waals surface area contributed by atoms with Crippen LogP contribution in [0.5, 0.6) is 0 Å². The van der Waals surface area contributed by atoms with Crippen molar-refractivity contribution in [2.75, 3.05) is 0 Å². The van der Waals surface area contributed by atoms with E-state index in [1.165, 1.54) is 31.2 Å². The molecule has 0 aliphatic carbocycles. The second-order valence-corrected chi connectivity index (χ2v) is 7.62. The molecule has 0 radical (unpaired) electrons. The number of rotatable bonds is 9. The summed E-state index contributed by atoms with van der Waals surface area (Å²) in [6, 6.07) is 18.9. The number of benzene rings is 2. The maximum Gasteiger partial charge on any atom is 0.304 e. The molecule has 3 aromatic rings. The molecule has 1 N–H and O–H groups in total. The first-order valence-electron chi connectivity index (χ1n) is 10.3. The van der Waals surface area contributed by atoms with Crippen molar-refractivity contribution in [2.45, 2.75) is 58.3 Å². The van der Waals surface area contributed by atoms with E-state index in [9.17, 15) is 9.90 Å². The lowest BCUT2D eigenvalue weighted by Gasteiger charge is -2.15. The van der Waals surface area contributed by atoms with Crippen LogP contribution in [0.25, 0.3) is 22.0 Å². The van der Waals surface area contributed by atoms with Crippen molar-refractivity contribution in [3.63, 3.8) is 0 Å². The standard InChI is InChI=1S/C25H29NO2/c1-3-4-5-7-10-19-13-14-23-22(16-19)21(20-11-8-6-9-12-20)17-24(26-23)18(2)15-25(27)28/h6,8-9,11-14,16-18H,3-5,7,10,15H2,1-2H3,(H,27,28). The molecule has 0 bridgehead atoms. The van der Waals surface area contributed by atoms with Crippen LogP contribution in [0.1, 0.15) is 63.1 Å². The number of aromatic nitrogens is 1. The van der Waals surface area contributed by atoms with Gasteiger partial charge in [0.05, 0.1) is 11.9 Å². The second-order valence-electron chi connectivity index (χ2n) is 7.62. The first-order chi connectivity index (χ1) is 13.6. The molecule has 1 unspecified atom stereocenters. The largest absolute Gasteiger partial charge is 0.481 e. The zero-order chi connectivity index (χ0) is 19.9. The van der Waals surface area contributed by atoms with Gasteiger partial charge in [-0.25, -0.2) is 0 Å². The number of hydrogen-bond acceptors (Lipinski definition) is 2. The Morgan fingerprint density at radius 1 is 1.04 bits per heavy atom. The van der Waals surface area contributed by atoms with Crippen molar-refractivity contribution < 1.29 is 9.90 Å². The molecule has 1 heterocycles. The summed E-state index contributed by atoms with van der Waals surface area (Å²) in [6.07, 6.45) is 6.18. The quantitative estimate of drug-likeness (QED) is 0.428. The molecule has 3 rings (SSSR count). The minimum Gasteiger partial charge on any atom is -0.481 e. The topological polar surface area (TPSA) is 50.2 Å². The van der Waals surface area contributed by atoms with E-state index in [4.69, 9.17) is 4.98 Å². The monoisotopic (exact) mass is 375 g/mol. The fourth-order valence-electron chi connectivity index (χ4n) is 3.68. The van der Waals surface area contributed by atoms with E-state index in [-0.39, 0.29) is 12.3 Å². The Morgan fingerprint density at radius 3 is 2.54 bits per heavy atom. The summed E-state index contributed by atoms with van der Waals surface area (Å²) in [4.78, 5) is 16.0. The van der Waals surface area contributed by atoms with Gasteiger partial charge in [-0.15, -0.1) is 0 Å². The van der Waals surface area contributed by atoms with Gasteiger partial charge in [0.15, 0.2) is 0 Å². The van der Waals surface area contributed by atoms with Crippen LogP contribution in [0.4, 0.5) is 0 Å². The predicted octanol–water partition coefficient (Wildman–Crippen LogP) is 6.60. The molecule has 0 aliphatic rings. The Balaban J connectivity index is 2.03. The lowest BCUT2D eigenvalue weighted by atomic mass is 9.94.